The van der Waals surface area contributed by atoms with Crippen molar-refractivity contribution < 1.29 is 9.94 Å². The first-order valence-electron chi connectivity index (χ1n) is 4.10. The van der Waals surface area contributed by atoms with Crippen molar-refractivity contribution in [2.24, 2.45) is 10.9 Å². The molecule has 0 atom stereocenters. The molecular formula is C8H12N4O2. The number of hydrogen-bond acceptors (Lipinski definition) is 5. The molecule has 6 heteroatoms. The summed E-state index contributed by atoms with van der Waals surface area (Å²) in [6, 6.07) is 1.51. The largest absolute Gasteiger partial charge is 0.475 e. The minimum atomic E-state index is -0.0685. The molecule has 14 heavy (non-hydrogen) atoms. The quantitative estimate of drug-likeness (QED) is 0.315. The molecule has 1 rings (SSSR count). The molecule has 76 valence electrons. The molecular weight excluding hydrogens is 184 g/mol. The van der Waals surface area contributed by atoms with Crippen LogP contribution in [0.5, 0.6) is 5.88 Å². The lowest BCUT2D eigenvalue weighted by Crippen LogP contribution is -2.16. The average Bonchev–Trinajstić information content (AvgIpc) is 2.16. The zero-order chi connectivity index (χ0) is 10.6. The molecule has 0 amide bonds. The van der Waals surface area contributed by atoms with Gasteiger partial charge in [-0.2, -0.15) is 0 Å². The van der Waals surface area contributed by atoms with Crippen LogP contribution in [-0.2, 0) is 0 Å². The fourth-order valence-electron chi connectivity index (χ4n) is 0.837. The van der Waals surface area contributed by atoms with Gasteiger partial charge in [-0.25, -0.2) is 9.97 Å². The van der Waals surface area contributed by atoms with Gasteiger partial charge in [-0.1, -0.05) is 5.16 Å². The first-order valence-corrected chi connectivity index (χ1v) is 4.10. The number of amidine groups is 1. The molecule has 0 saturated heterocycles. The summed E-state index contributed by atoms with van der Waals surface area (Å²) >= 11 is 0. The standard InChI is InChI=1S/C8H12N4O2/c1-5(2)14-7-3-6(8(9)12-13)10-4-11-7/h3-5,13H,1-2H3,(H2,9,12). The number of rotatable bonds is 3. The van der Waals surface area contributed by atoms with Crippen LogP contribution in [0, 0.1) is 0 Å². The van der Waals surface area contributed by atoms with Gasteiger partial charge in [-0.05, 0) is 13.8 Å². The van der Waals surface area contributed by atoms with Crippen molar-refractivity contribution in [1.29, 1.82) is 0 Å². The molecule has 1 heterocycles. The summed E-state index contributed by atoms with van der Waals surface area (Å²) in [7, 11) is 0. The minimum absolute atomic E-state index is 0.0186. The molecule has 0 radical (unpaired) electrons. The van der Waals surface area contributed by atoms with Crippen molar-refractivity contribution in [3.63, 3.8) is 0 Å². The topological polar surface area (TPSA) is 93.6 Å². The zero-order valence-electron chi connectivity index (χ0n) is 8.01. The van der Waals surface area contributed by atoms with Gasteiger partial charge in [0.25, 0.3) is 0 Å². The van der Waals surface area contributed by atoms with Crippen LogP contribution in [-0.4, -0.2) is 27.1 Å². The van der Waals surface area contributed by atoms with E-state index in [1.165, 1.54) is 12.4 Å². The van der Waals surface area contributed by atoms with Gasteiger partial charge < -0.3 is 15.7 Å². The summed E-state index contributed by atoms with van der Waals surface area (Å²) < 4.78 is 5.31. The lowest BCUT2D eigenvalue weighted by Gasteiger charge is -2.08. The second kappa shape index (κ2) is 4.40. The molecule has 0 aliphatic heterocycles. The Labute approximate surface area is 81.4 Å². The van der Waals surface area contributed by atoms with Crippen molar-refractivity contribution in [1.82, 2.24) is 9.97 Å². The van der Waals surface area contributed by atoms with Crippen LogP contribution in [0.25, 0.3) is 0 Å². The van der Waals surface area contributed by atoms with E-state index in [-0.39, 0.29) is 11.9 Å². The maximum Gasteiger partial charge on any atom is 0.217 e. The van der Waals surface area contributed by atoms with Crippen LogP contribution >= 0.6 is 0 Å². The predicted molar refractivity (Wildman–Crippen MR) is 50.3 cm³/mol. The molecule has 0 bridgehead atoms. The van der Waals surface area contributed by atoms with Crippen molar-refractivity contribution >= 4 is 5.84 Å². The Morgan fingerprint density at radius 3 is 2.86 bits per heavy atom. The van der Waals surface area contributed by atoms with Crippen LogP contribution < -0.4 is 10.5 Å². The van der Waals surface area contributed by atoms with Crippen LogP contribution in [0.3, 0.4) is 0 Å². The van der Waals surface area contributed by atoms with E-state index in [0.29, 0.717) is 11.6 Å². The average molecular weight is 196 g/mol. The van der Waals surface area contributed by atoms with E-state index < -0.39 is 0 Å². The van der Waals surface area contributed by atoms with E-state index in [1.807, 2.05) is 13.8 Å². The summed E-state index contributed by atoms with van der Waals surface area (Å²) in [5.41, 5.74) is 5.68. The number of hydrogen-bond donors (Lipinski definition) is 2. The number of ether oxygens (including phenoxy) is 1. The fourth-order valence-corrected chi connectivity index (χ4v) is 0.837. The third-order valence-corrected chi connectivity index (χ3v) is 1.37. The van der Waals surface area contributed by atoms with E-state index in [0.717, 1.165) is 0 Å². The molecule has 1 aromatic heterocycles. The molecule has 0 spiro atoms. The Morgan fingerprint density at radius 1 is 1.57 bits per heavy atom. The second-order valence-electron chi connectivity index (χ2n) is 2.89. The van der Waals surface area contributed by atoms with Gasteiger partial charge >= 0.3 is 0 Å². The smallest absolute Gasteiger partial charge is 0.217 e. The van der Waals surface area contributed by atoms with Gasteiger partial charge in [0, 0.05) is 6.07 Å². The molecule has 6 nitrogen and oxygen atoms in total. The number of oxime groups is 1. The third kappa shape index (κ3) is 2.58. The molecule has 0 unspecified atom stereocenters. The Bertz CT molecular complexity index is 338. The highest BCUT2D eigenvalue weighted by Crippen LogP contribution is 2.08. The van der Waals surface area contributed by atoms with Crippen LogP contribution in [0.15, 0.2) is 17.5 Å². The Kier molecular flexibility index (Phi) is 3.22. The number of aromatic nitrogens is 2. The highest BCUT2D eigenvalue weighted by Gasteiger charge is 2.05. The molecule has 0 fully saturated rings. The van der Waals surface area contributed by atoms with E-state index in [1.54, 1.807) is 0 Å². The van der Waals surface area contributed by atoms with Gasteiger partial charge in [-0.3, -0.25) is 0 Å². The zero-order valence-corrected chi connectivity index (χ0v) is 8.01. The summed E-state index contributed by atoms with van der Waals surface area (Å²) in [4.78, 5) is 7.68. The predicted octanol–water partition coefficient (Wildman–Crippen LogP) is 0.358. The van der Waals surface area contributed by atoms with Gasteiger partial charge in [0.15, 0.2) is 5.84 Å². The highest BCUT2D eigenvalue weighted by molar-refractivity contribution is 5.95. The summed E-state index contributed by atoms with van der Waals surface area (Å²) in [6.07, 6.45) is 1.32. The maximum atomic E-state index is 8.42. The van der Waals surface area contributed by atoms with Crippen molar-refractivity contribution in [2.75, 3.05) is 0 Å². The maximum absolute atomic E-state index is 8.42. The summed E-state index contributed by atoms with van der Waals surface area (Å²) in [5.74, 6) is 0.331. The van der Waals surface area contributed by atoms with Crippen LogP contribution in [0.1, 0.15) is 19.5 Å². The van der Waals surface area contributed by atoms with E-state index in [4.69, 9.17) is 15.7 Å². The SMILES string of the molecule is CC(C)Oc1cc(/C(N)=N/O)ncn1. The van der Waals surface area contributed by atoms with Gasteiger partial charge in [0.2, 0.25) is 5.88 Å². The highest BCUT2D eigenvalue weighted by atomic mass is 16.5. The fraction of sp³-hybridized carbons (Fsp3) is 0.375. The van der Waals surface area contributed by atoms with Gasteiger partial charge in [0.1, 0.15) is 12.0 Å². The molecule has 1 aromatic rings. The Balaban J connectivity index is 2.90. The van der Waals surface area contributed by atoms with Gasteiger partial charge in [0.05, 0.1) is 6.10 Å². The lowest BCUT2D eigenvalue weighted by molar-refractivity contribution is 0.232. The summed E-state index contributed by atoms with van der Waals surface area (Å²) in [6.45, 7) is 3.76. The van der Waals surface area contributed by atoms with Crippen molar-refractivity contribution in [3.8, 4) is 5.88 Å². The van der Waals surface area contributed by atoms with Crippen molar-refractivity contribution in [3.05, 3.63) is 18.1 Å². The number of nitrogens with zero attached hydrogens (tertiary/aromatic N) is 3. The van der Waals surface area contributed by atoms with E-state index >= 15 is 0 Å². The lowest BCUT2D eigenvalue weighted by atomic mass is 10.4. The second-order valence-corrected chi connectivity index (χ2v) is 2.89. The van der Waals surface area contributed by atoms with Gasteiger partial charge in [-0.15, -0.1) is 0 Å². The van der Waals surface area contributed by atoms with Crippen molar-refractivity contribution in [2.45, 2.75) is 20.0 Å². The molecule has 0 aliphatic carbocycles. The minimum Gasteiger partial charge on any atom is -0.475 e. The summed E-state index contributed by atoms with van der Waals surface area (Å²) in [5, 5.41) is 11.3. The van der Waals surface area contributed by atoms with E-state index in [2.05, 4.69) is 15.1 Å². The van der Waals surface area contributed by atoms with Crippen LogP contribution in [0.2, 0.25) is 0 Å². The first kappa shape index (κ1) is 10.2. The first-order chi connectivity index (χ1) is 6.63. The molecule has 0 saturated carbocycles. The third-order valence-electron chi connectivity index (χ3n) is 1.37. The Morgan fingerprint density at radius 2 is 2.29 bits per heavy atom. The molecule has 0 aliphatic rings. The van der Waals surface area contributed by atoms with E-state index in [9.17, 15) is 0 Å². The molecule has 3 N–H and O–H groups in total. The number of nitrogens with two attached hydrogens (primary N) is 1. The molecule has 0 aromatic carbocycles. The Hall–Kier alpha value is -1.85. The monoisotopic (exact) mass is 196 g/mol. The normalized spacial score (nSPS) is 11.8. The van der Waals surface area contributed by atoms with Crippen LogP contribution in [0.4, 0.5) is 0 Å².